The highest BCUT2D eigenvalue weighted by Crippen LogP contribution is 2.42. The Balaban J connectivity index is 1.73. The van der Waals surface area contributed by atoms with Crippen molar-refractivity contribution in [2.45, 2.75) is 31.1 Å². The predicted molar refractivity (Wildman–Crippen MR) is 96.0 cm³/mol. The lowest BCUT2D eigenvalue weighted by Gasteiger charge is -2.27. The number of rotatable bonds is 5. The van der Waals surface area contributed by atoms with Gasteiger partial charge in [-0.15, -0.1) is 0 Å². The van der Waals surface area contributed by atoms with Crippen LogP contribution in [0.25, 0.3) is 0 Å². The van der Waals surface area contributed by atoms with Gasteiger partial charge in [0.2, 0.25) is 0 Å². The van der Waals surface area contributed by atoms with Crippen molar-refractivity contribution in [2.75, 3.05) is 6.61 Å². The lowest BCUT2D eigenvalue weighted by molar-refractivity contribution is -0.149. The molecule has 3 nitrogen and oxygen atoms in total. The van der Waals surface area contributed by atoms with Crippen LogP contribution < -0.4 is 0 Å². The Bertz CT molecular complexity index is 780. The van der Waals surface area contributed by atoms with E-state index < -0.39 is 11.4 Å². The van der Waals surface area contributed by atoms with E-state index in [1.807, 2.05) is 6.07 Å². The summed E-state index contributed by atoms with van der Waals surface area (Å²) in [5.41, 5.74) is 0.473. The average Bonchev–Trinajstić information content (AvgIpc) is 3.11. The van der Waals surface area contributed by atoms with Gasteiger partial charge in [-0.1, -0.05) is 53.0 Å². The van der Waals surface area contributed by atoms with Crippen LogP contribution in [0.15, 0.2) is 53.0 Å². The largest absolute Gasteiger partial charge is 0.457 e. The SMILES string of the molecule is O=C(COC(=O)C1(c2ccc(F)cc2)CCCC1)c1cccc(Br)c1. The van der Waals surface area contributed by atoms with Gasteiger partial charge in [0.25, 0.3) is 0 Å². The van der Waals surface area contributed by atoms with Crippen molar-refractivity contribution in [1.29, 1.82) is 0 Å². The van der Waals surface area contributed by atoms with Gasteiger partial charge in [-0.25, -0.2) is 4.39 Å². The van der Waals surface area contributed by atoms with Crippen LogP contribution in [0, 0.1) is 5.82 Å². The van der Waals surface area contributed by atoms with Crippen LogP contribution in [-0.2, 0) is 14.9 Å². The van der Waals surface area contributed by atoms with Crippen LogP contribution >= 0.6 is 15.9 Å². The Hall–Kier alpha value is -2.01. The standard InChI is InChI=1S/C20H18BrFO3/c21-16-5-3-4-14(12-16)18(23)13-25-19(24)20(10-1-2-11-20)15-6-8-17(22)9-7-15/h3-9,12H,1-2,10-11,13H2. The topological polar surface area (TPSA) is 43.4 Å². The first-order valence-corrected chi connectivity index (χ1v) is 9.03. The number of hydrogen-bond donors (Lipinski definition) is 0. The van der Waals surface area contributed by atoms with Gasteiger partial charge in [-0.2, -0.15) is 0 Å². The van der Waals surface area contributed by atoms with Gasteiger partial charge >= 0.3 is 5.97 Å². The first-order chi connectivity index (χ1) is 12.0. The van der Waals surface area contributed by atoms with Crippen molar-refractivity contribution in [3.8, 4) is 0 Å². The fourth-order valence-electron chi connectivity index (χ4n) is 3.37. The molecule has 0 aromatic heterocycles. The van der Waals surface area contributed by atoms with E-state index in [1.165, 1.54) is 12.1 Å². The zero-order valence-corrected chi connectivity index (χ0v) is 15.2. The lowest BCUT2D eigenvalue weighted by Crippen LogP contribution is -2.35. The second-order valence-corrected chi connectivity index (χ2v) is 7.22. The van der Waals surface area contributed by atoms with Crippen molar-refractivity contribution < 1.29 is 18.7 Å². The van der Waals surface area contributed by atoms with E-state index in [1.54, 1.807) is 30.3 Å². The van der Waals surface area contributed by atoms with E-state index in [0.29, 0.717) is 18.4 Å². The average molecular weight is 405 g/mol. The molecule has 0 aliphatic heterocycles. The fourth-order valence-corrected chi connectivity index (χ4v) is 3.77. The van der Waals surface area contributed by atoms with Crippen LogP contribution in [-0.4, -0.2) is 18.4 Å². The molecule has 2 aromatic carbocycles. The Labute approximate surface area is 154 Å². The number of carbonyl (C=O) groups excluding carboxylic acids is 2. The molecule has 0 radical (unpaired) electrons. The highest BCUT2D eigenvalue weighted by atomic mass is 79.9. The molecule has 5 heteroatoms. The molecule has 1 saturated carbocycles. The summed E-state index contributed by atoms with van der Waals surface area (Å²) in [4.78, 5) is 25.0. The summed E-state index contributed by atoms with van der Waals surface area (Å²) in [6.45, 7) is -0.293. The van der Waals surface area contributed by atoms with Gasteiger partial charge in [0.1, 0.15) is 5.82 Å². The van der Waals surface area contributed by atoms with Gasteiger partial charge in [-0.3, -0.25) is 9.59 Å². The molecule has 3 rings (SSSR count). The number of ketones is 1. The highest BCUT2D eigenvalue weighted by Gasteiger charge is 2.44. The maximum absolute atomic E-state index is 13.2. The summed E-state index contributed by atoms with van der Waals surface area (Å²) in [5, 5.41) is 0. The van der Waals surface area contributed by atoms with E-state index >= 15 is 0 Å². The lowest BCUT2D eigenvalue weighted by atomic mass is 9.79. The molecular weight excluding hydrogens is 387 g/mol. The molecule has 1 aliphatic rings. The van der Waals surface area contributed by atoms with E-state index in [4.69, 9.17) is 4.74 Å². The molecule has 0 amide bonds. The van der Waals surface area contributed by atoms with Gasteiger partial charge in [0.05, 0.1) is 5.41 Å². The van der Waals surface area contributed by atoms with Gasteiger partial charge in [-0.05, 0) is 42.7 Å². The molecule has 2 aromatic rings. The van der Waals surface area contributed by atoms with Crippen molar-refractivity contribution in [3.05, 3.63) is 69.9 Å². The number of hydrogen-bond acceptors (Lipinski definition) is 3. The zero-order chi connectivity index (χ0) is 17.9. The van der Waals surface area contributed by atoms with Gasteiger partial charge < -0.3 is 4.74 Å². The molecule has 25 heavy (non-hydrogen) atoms. The maximum atomic E-state index is 13.2. The summed E-state index contributed by atoms with van der Waals surface area (Å²) >= 11 is 3.32. The van der Waals surface area contributed by atoms with Crippen LogP contribution in [0.4, 0.5) is 4.39 Å². The summed E-state index contributed by atoms with van der Waals surface area (Å²) < 4.78 is 19.4. The Morgan fingerprint density at radius 2 is 1.76 bits per heavy atom. The van der Waals surface area contributed by atoms with E-state index in [0.717, 1.165) is 22.9 Å². The number of Topliss-reactive ketones (excluding diaryl/α,β-unsaturated/α-hetero) is 1. The summed E-state index contributed by atoms with van der Waals surface area (Å²) in [6, 6.07) is 13.0. The molecule has 0 heterocycles. The van der Waals surface area contributed by atoms with E-state index in [9.17, 15) is 14.0 Å². The molecule has 0 atom stereocenters. The first-order valence-electron chi connectivity index (χ1n) is 8.23. The predicted octanol–water partition coefficient (Wildman–Crippen LogP) is 4.83. The number of esters is 1. The number of ether oxygens (including phenoxy) is 1. The molecular formula is C20H18BrFO3. The summed E-state index contributed by atoms with van der Waals surface area (Å²) in [7, 11) is 0. The minimum Gasteiger partial charge on any atom is -0.457 e. The quantitative estimate of drug-likeness (QED) is 0.529. The summed E-state index contributed by atoms with van der Waals surface area (Å²) in [5.74, 6) is -0.989. The highest BCUT2D eigenvalue weighted by molar-refractivity contribution is 9.10. The number of carbonyl (C=O) groups is 2. The normalized spacial score (nSPS) is 15.8. The third kappa shape index (κ3) is 3.82. The maximum Gasteiger partial charge on any atom is 0.317 e. The minimum absolute atomic E-state index is 0.248. The van der Waals surface area contributed by atoms with Crippen LogP contribution in [0.5, 0.6) is 0 Å². The second kappa shape index (κ2) is 7.48. The van der Waals surface area contributed by atoms with E-state index in [-0.39, 0.29) is 18.2 Å². The van der Waals surface area contributed by atoms with Crippen LogP contribution in [0.2, 0.25) is 0 Å². The molecule has 130 valence electrons. The number of halogens is 2. The third-order valence-electron chi connectivity index (χ3n) is 4.73. The molecule has 0 saturated heterocycles. The molecule has 1 aliphatic carbocycles. The van der Waals surface area contributed by atoms with Gasteiger partial charge in [0.15, 0.2) is 12.4 Å². The van der Waals surface area contributed by atoms with Crippen molar-refractivity contribution in [2.24, 2.45) is 0 Å². The molecule has 1 fully saturated rings. The summed E-state index contributed by atoms with van der Waals surface area (Å²) in [6.07, 6.45) is 3.13. The molecule has 0 N–H and O–H groups in total. The third-order valence-corrected chi connectivity index (χ3v) is 5.22. The van der Waals surface area contributed by atoms with Crippen molar-refractivity contribution in [1.82, 2.24) is 0 Å². The molecule has 0 spiro atoms. The fraction of sp³-hybridized carbons (Fsp3) is 0.300. The van der Waals surface area contributed by atoms with Crippen LogP contribution in [0.3, 0.4) is 0 Å². The Morgan fingerprint density at radius 3 is 2.40 bits per heavy atom. The Kier molecular flexibility index (Phi) is 5.33. The van der Waals surface area contributed by atoms with E-state index in [2.05, 4.69) is 15.9 Å². The Morgan fingerprint density at radius 1 is 1.08 bits per heavy atom. The van der Waals surface area contributed by atoms with Gasteiger partial charge in [0, 0.05) is 10.0 Å². The zero-order valence-electron chi connectivity index (χ0n) is 13.6. The first kappa shape index (κ1) is 17.8. The number of benzene rings is 2. The van der Waals surface area contributed by atoms with Crippen molar-refractivity contribution in [3.63, 3.8) is 0 Å². The molecule has 0 bridgehead atoms. The monoisotopic (exact) mass is 404 g/mol. The van der Waals surface area contributed by atoms with Crippen molar-refractivity contribution >= 4 is 27.7 Å². The smallest absolute Gasteiger partial charge is 0.317 e. The molecule has 0 unspecified atom stereocenters. The second-order valence-electron chi connectivity index (χ2n) is 6.31. The minimum atomic E-state index is -0.773. The van der Waals surface area contributed by atoms with Crippen LogP contribution in [0.1, 0.15) is 41.6 Å².